The number of hydrogen-bond acceptors (Lipinski definition) is 6. The van der Waals surface area contributed by atoms with Gasteiger partial charge >= 0.3 is 6.09 Å². The first-order valence-electron chi connectivity index (χ1n) is 7.96. The number of nitrogens with one attached hydrogen (secondary N) is 2. The van der Waals surface area contributed by atoms with Crippen LogP contribution >= 0.6 is 0 Å². The van der Waals surface area contributed by atoms with Crippen molar-refractivity contribution in [3.05, 3.63) is 36.5 Å². The lowest BCUT2D eigenvalue weighted by Gasteiger charge is -2.32. The van der Waals surface area contributed by atoms with Gasteiger partial charge in [0, 0.05) is 23.7 Å². The minimum Gasteiger partial charge on any atom is -0.508 e. The maximum Gasteiger partial charge on any atom is 0.412 e. The first-order valence-corrected chi connectivity index (χ1v) is 7.96. The van der Waals surface area contributed by atoms with Crippen molar-refractivity contribution in [1.82, 2.24) is 20.5 Å². The van der Waals surface area contributed by atoms with E-state index in [2.05, 4.69) is 20.5 Å². The molecule has 1 fully saturated rings. The van der Waals surface area contributed by atoms with E-state index in [4.69, 9.17) is 10.5 Å². The van der Waals surface area contributed by atoms with Gasteiger partial charge in [-0.25, -0.2) is 9.78 Å². The summed E-state index contributed by atoms with van der Waals surface area (Å²) >= 11 is 0. The second-order valence-corrected chi connectivity index (χ2v) is 6.15. The van der Waals surface area contributed by atoms with Crippen molar-refractivity contribution in [3.63, 3.8) is 0 Å². The fraction of sp³-hybridized carbons (Fsp3) is 0.235. The maximum atomic E-state index is 12.1. The van der Waals surface area contributed by atoms with Gasteiger partial charge in [-0.15, -0.1) is 0 Å². The SMILES string of the molecule is N[C@H]1C[C@H](NC(=O)Oc2cc(-c3ccc(O)cc3)nc3[nH]ncc23)C1. The van der Waals surface area contributed by atoms with Gasteiger partial charge in [0.1, 0.15) is 11.5 Å². The van der Waals surface area contributed by atoms with Crippen molar-refractivity contribution >= 4 is 17.1 Å². The minimum absolute atomic E-state index is 0.0562. The molecule has 2 aromatic heterocycles. The fourth-order valence-electron chi connectivity index (χ4n) is 2.84. The van der Waals surface area contributed by atoms with Crippen LogP contribution in [0.25, 0.3) is 22.3 Å². The van der Waals surface area contributed by atoms with E-state index in [1.165, 1.54) is 0 Å². The number of amides is 1. The Hall–Kier alpha value is -3.13. The van der Waals surface area contributed by atoms with Crippen LogP contribution in [0.1, 0.15) is 12.8 Å². The fourth-order valence-corrected chi connectivity index (χ4v) is 2.84. The highest BCUT2D eigenvalue weighted by molar-refractivity contribution is 5.87. The Morgan fingerprint density at radius 1 is 1.32 bits per heavy atom. The molecule has 0 aliphatic heterocycles. The number of aromatic hydroxyl groups is 1. The van der Waals surface area contributed by atoms with Crippen LogP contribution < -0.4 is 15.8 Å². The summed E-state index contributed by atoms with van der Waals surface area (Å²) in [6.07, 6.45) is 2.55. The molecule has 1 aliphatic carbocycles. The van der Waals surface area contributed by atoms with Crippen LogP contribution in [0.15, 0.2) is 36.5 Å². The number of nitrogens with zero attached hydrogens (tertiary/aromatic N) is 2. The number of aromatic nitrogens is 3. The van der Waals surface area contributed by atoms with Gasteiger partial charge in [0.2, 0.25) is 0 Å². The highest BCUT2D eigenvalue weighted by Crippen LogP contribution is 2.30. The molecule has 25 heavy (non-hydrogen) atoms. The Balaban J connectivity index is 1.62. The largest absolute Gasteiger partial charge is 0.508 e. The number of benzene rings is 1. The molecule has 0 radical (unpaired) electrons. The van der Waals surface area contributed by atoms with E-state index in [1.807, 2.05) is 0 Å². The van der Waals surface area contributed by atoms with Crippen LogP contribution in [0.2, 0.25) is 0 Å². The van der Waals surface area contributed by atoms with Gasteiger partial charge in [0.25, 0.3) is 0 Å². The normalized spacial score (nSPS) is 19.4. The quantitative estimate of drug-likeness (QED) is 0.577. The van der Waals surface area contributed by atoms with Crippen LogP contribution in [0.4, 0.5) is 4.79 Å². The van der Waals surface area contributed by atoms with Gasteiger partial charge in [0.15, 0.2) is 5.65 Å². The summed E-state index contributed by atoms with van der Waals surface area (Å²) in [6, 6.07) is 8.49. The van der Waals surface area contributed by atoms with E-state index < -0.39 is 6.09 Å². The molecule has 1 aromatic carbocycles. The van der Waals surface area contributed by atoms with Crippen LogP contribution in [-0.4, -0.2) is 38.5 Å². The molecule has 8 heteroatoms. The maximum absolute atomic E-state index is 12.1. The number of rotatable bonds is 3. The lowest BCUT2D eigenvalue weighted by molar-refractivity contribution is 0.185. The smallest absolute Gasteiger partial charge is 0.412 e. The van der Waals surface area contributed by atoms with Crippen molar-refractivity contribution in [1.29, 1.82) is 0 Å². The van der Waals surface area contributed by atoms with Crippen LogP contribution in [-0.2, 0) is 0 Å². The molecule has 3 aromatic rings. The second kappa shape index (κ2) is 6.06. The van der Waals surface area contributed by atoms with Crippen LogP contribution in [0.3, 0.4) is 0 Å². The summed E-state index contributed by atoms with van der Waals surface area (Å²) in [7, 11) is 0. The summed E-state index contributed by atoms with van der Waals surface area (Å²) in [6.45, 7) is 0. The number of hydrogen-bond donors (Lipinski definition) is 4. The molecule has 0 unspecified atom stereocenters. The summed E-state index contributed by atoms with van der Waals surface area (Å²) in [5.41, 5.74) is 7.62. The Labute approximate surface area is 143 Å². The highest BCUT2D eigenvalue weighted by atomic mass is 16.6. The molecule has 2 heterocycles. The van der Waals surface area contributed by atoms with Crippen molar-refractivity contribution in [2.75, 3.05) is 0 Å². The molecule has 1 amide bonds. The molecule has 5 N–H and O–H groups in total. The standard InChI is InChI=1S/C17H17N5O3/c18-10-5-11(6-10)20-17(24)25-15-7-14(9-1-3-12(23)4-2-9)21-16-13(15)8-19-22-16/h1-4,7-8,10-11,23H,5-6,18H2,(H,20,24)(H,19,21,22)/t10-,11-. The number of pyridine rings is 1. The number of phenolic OH excluding ortho intramolecular Hbond substituents is 1. The van der Waals surface area contributed by atoms with Gasteiger partial charge in [-0.1, -0.05) is 0 Å². The van der Waals surface area contributed by atoms with E-state index in [0.29, 0.717) is 22.5 Å². The van der Waals surface area contributed by atoms with Crippen molar-refractivity contribution in [3.8, 4) is 22.8 Å². The number of aromatic amines is 1. The molecular weight excluding hydrogens is 322 g/mol. The Morgan fingerprint density at radius 3 is 2.80 bits per heavy atom. The Bertz CT molecular complexity index is 916. The number of H-pyrrole nitrogens is 1. The number of carbonyl (C=O) groups is 1. The lowest BCUT2D eigenvalue weighted by atomic mass is 9.88. The van der Waals surface area contributed by atoms with E-state index in [-0.39, 0.29) is 17.8 Å². The molecule has 0 saturated heterocycles. The molecule has 8 nitrogen and oxygen atoms in total. The third-order valence-electron chi connectivity index (χ3n) is 4.25. The average Bonchev–Trinajstić information content (AvgIpc) is 3.03. The zero-order valence-electron chi connectivity index (χ0n) is 13.3. The van der Waals surface area contributed by atoms with Crippen LogP contribution in [0.5, 0.6) is 11.5 Å². The number of nitrogens with two attached hydrogens (primary N) is 1. The van der Waals surface area contributed by atoms with Gasteiger partial charge in [0.05, 0.1) is 17.3 Å². The topological polar surface area (TPSA) is 126 Å². The van der Waals surface area contributed by atoms with Crippen LogP contribution in [0, 0.1) is 0 Å². The molecule has 1 saturated carbocycles. The number of fused-ring (bicyclic) bond motifs is 1. The van der Waals surface area contributed by atoms with Gasteiger partial charge < -0.3 is 20.9 Å². The van der Waals surface area contributed by atoms with Crippen molar-refractivity contribution in [2.45, 2.75) is 24.9 Å². The third-order valence-corrected chi connectivity index (χ3v) is 4.25. The molecule has 128 valence electrons. The molecular formula is C17H17N5O3. The first kappa shape index (κ1) is 15.4. The summed E-state index contributed by atoms with van der Waals surface area (Å²) < 4.78 is 5.47. The number of carbonyl (C=O) groups excluding carboxylic acids is 1. The highest BCUT2D eigenvalue weighted by Gasteiger charge is 2.28. The van der Waals surface area contributed by atoms with Gasteiger partial charge in [-0.05, 0) is 37.1 Å². The predicted molar refractivity (Wildman–Crippen MR) is 91.1 cm³/mol. The summed E-state index contributed by atoms with van der Waals surface area (Å²) in [5, 5.41) is 19.6. The summed E-state index contributed by atoms with van der Waals surface area (Å²) in [4.78, 5) is 16.6. The van der Waals surface area contributed by atoms with E-state index in [0.717, 1.165) is 18.4 Å². The van der Waals surface area contributed by atoms with Gasteiger partial charge in [-0.3, -0.25) is 5.10 Å². The zero-order chi connectivity index (χ0) is 17.4. The Morgan fingerprint density at radius 2 is 2.08 bits per heavy atom. The summed E-state index contributed by atoms with van der Waals surface area (Å²) in [5.74, 6) is 0.531. The van der Waals surface area contributed by atoms with E-state index in [1.54, 1.807) is 36.5 Å². The lowest BCUT2D eigenvalue weighted by Crippen LogP contribution is -2.51. The van der Waals surface area contributed by atoms with E-state index in [9.17, 15) is 9.90 Å². The zero-order valence-corrected chi connectivity index (χ0v) is 13.3. The second-order valence-electron chi connectivity index (χ2n) is 6.15. The average molecular weight is 339 g/mol. The van der Waals surface area contributed by atoms with Crippen molar-refractivity contribution in [2.24, 2.45) is 5.73 Å². The number of phenols is 1. The molecule has 0 spiro atoms. The van der Waals surface area contributed by atoms with Gasteiger partial charge in [-0.2, -0.15) is 5.10 Å². The van der Waals surface area contributed by atoms with E-state index >= 15 is 0 Å². The van der Waals surface area contributed by atoms with Crippen molar-refractivity contribution < 1.29 is 14.6 Å². The minimum atomic E-state index is -0.526. The molecule has 0 atom stereocenters. The third kappa shape index (κ3) is 3.11. The Kier molecular flexibility index (Phi) is 3.73. The molecule has 1 aliphatic rings. The first-order chi connectivity index (χ1) is 12.1. The number of ether oxygens (including phenoxy) is 1. The predicted octanol–water partition coefficient (Wildman–Crippen LogP) is 1.91. The molecule has 0 bridgehead atoms. The molecule has 4 rings (SSSR count). The monoisotopic (exact) mass is 339 g/mol.